The van der Waals surface area contributed by atoms with E-state index in [-0.39, 0.29) is 12.7 Å². The number of aliphatic hydroxyl groups excluding tert-OH is 1. The fourth-order valence-electron chi connectivity index (χ4n) is 1.70. The first kappa shape index (κ1) is 20.4. The Labute approximate surface area is 129 Å². The zero-order chi connectivity index (χ0) is 16.6. The van der Waals surface area contributed by atoms with Gasteiger partial charge in [0, 0.05) is 4.92 Å². The lowest BCUT2D eigenvalue weighted by Crippen LogP contribution is -2.52. The summed E-state index contributed by atoms with van der Waals surface area (Å²) in [6.07, 6.45) is 0.661. The molecule has 0 spiro atoms. The summed E-state index contributed by atoms with van der Waals surface area (Å²) in [6, 6.07) is -0.800. The number of rotatable bonds is 10. The van der Waals surface area contributed by atoms with Crippen molar-refractivity contribution in [1.82, 2.24) is 4.72 Å². The average Bonchev–Trinajstić information content (AvgIpc) is 2.38. The van der Waals surface area contributed by atoms with Crippen LogP contribution in [-0.2, 0) is 15.7 Å². The molecule has 0 radical (unpaired) electrons. The number of nitrogens with zero attached hydrogens (tertiary/aromatic N) is 1. The first-order valence-electron chi connectivity index (χ1n) is 7.21. The highest BCUT2D eigenvalue weighted by atomic mass is 32.2. The Morgan fingerprint density at radius 1 is 1.33 bits per heavy atom. The maximum atomic E-state index is 12.1. The highest BCUT2D eigenvalue weighted by Crippen LogP contribution is 2.14. The van der Waals surface area contributed by atoms with E-state index >= 15 is 0 Å². The number of ether oxygens (including phenoxy) is 1. The molecule has 0 heterocycles. The third kappa shape index (κ3) is 7.85. The minimum Gasteiger partial charge on any atom is -0.394 e. The van der Waals surface area contributed by atoms with Crippen LogP contribution in [0.2, 0.25) is 0 Å². The van der Waals surface area contributed by atoms with Crippen LogP contribution in [0.25, 0.3) is 0 Å². The van der Waals surface area contributed by atoms with Crippen molar-refractivity contribution in [1.29, 1.82) is 0 Å². The summed E-state index contributed by atoms with van der Waals surface area (Å²) in [5.41, 5.74) is 0. The smallest absolute Gasteiger partial charge is 0.222 e. The molecular weight excluding hydrogens is 296 g/mol. The quantitative estimate of drug-likeness (QED) is 0.465. The van der Waals surface area contributed by atoms with Gasteiger partial charge in [-0.1, -0.05) is 13.8 Å². The van der Waals surface area contributed by atoms with E-state index in [9.17, 15) is 19.4 Å². The van der Waals surface area contributed by atoms with Crippen LogP contribution in [0.4, 0.5) is 0 Å². The van der Waals surface area contributed by atoms with Crippen LogP contribution < -0.4 is 4.72 Å². The van der Waals surface area contributed by atoms with Gasteiger partial charge in [-0.3, -0.25) is 10.1 Å². The van der Waals surface area contributed by atoms with Gasteiger partial charge in [-0.25, -0.2) is 8.93 Å². The lowest BCUT2D eigenvalue weighted by atomic mass is 10.1. The number of nitro groups is 1. The summed E-state index contributed by atoms with van der Waals surface area (Å²) in [7, 11) is -1.47. The third-order valence-electron chi connectivity index (χ3n) is 3.07. The van der Waals surface area contributed by atoms with Crippen molar-refractivity contribution in [2.24, 2.45) is 0 Å². The van der Waals surface area contributed by atoms with E-state index in [1.54, 1.807) is 20.8 Å². The van der Waals surface area contributed by atoms with E-state index in [2.05, 4.69) is 4.72 Å². The molecule has 0 aliphatic rings. The fourth-order valence-corrected chi connectivity index (χ4v) is 2.55. The summed E-state index contributed by atoms with van der Waals surface area (Å²) >= 11 is 0. The second-order valence-electron chi connectivity index (χ2n) is 5.92. The second kappa shape index (κ2) is 9.45. The van der Waals surface area contributed by atoms with Crippen LogP contribution in [0.15, 0.2) is 0 Å². The van der Waals surface area contributed by atoms with Crippen molar-refractivity contribution in [3.05, 3.63) is 10.1 Å². The van der Waals surface area contributed by atoms with Gasteiger partial charge in [-0.15, -0.1) is 0 Å². The van der Waals surface area contributed by atoms with E-state index in [1.807, 2.05) is 13.8 Å². The zero-order valence-electron chi connectivity index (χ0n) is 13.5. The van der Waals surface area contributed by atoms with E-state index in [1.165, 1.54) is 0 Å². The second-order valence-corrected chi connectivity index (χ2v) is 7.91. The molecule has 126 valence electrons. The van der Waals surface area contributed by atoms with Gasteiger partial charge >= 0.3 is 0 Å². The third-order valence-corrected chi connectivity index (χ3v) is 4.70. The maximum Gasteiger partial charge on any atom is 0.222 e. The van der Waals surface area contributed by atoms with Gasteiger partial charge in [0.25, 0.3) is 0 Å². The summed E-state index contributed by atoms with van der Waals surface area (Å²) < 4.78 is 20.1. The zero-order valence-corrected chi connectivity index (χ0v) is 14.3. The number of hydrogen-bond donors (Lipinski definition) is 2. The van der Waals surface area contributed by atoms with Gasteiger partial charge in [-0.05, 0) is 33.6 Å². The van der Waals surface area contributed by atoms with Crippen LogP contribution in [0, 0.1) is 10.1 Å². The molecule has 0 saturated heterocycles. The lowest BCUT2D eigenvalue weighted by Gasteiger charge is -2.29. The van der Waals surface area contributed by atoms with Crippen molar-refractivity contribution in [2.75, 3.05) is 13.2 Å². The van der Waals surface area contributed by atoms with Gasteiger partial charge in [0.1, 0.15) is 12.1 Å². The molecule has 3 atom stereocenters. The highest BCUT2D eigenvalue weighted by Gasteiger charge is 2.32. The highest BCUT2D eigenvalue weighted by molar-refractivity contribution is 7.84. The average molecular weight is 324 g/mol. The molecule has 0 fully saturated rings. The van der Waals surface area contributed by atoms with E-state index in [4.69, 9.17) is 4.74 Å². The fraction of sp³-hybridized carbons (Fsp3) is 1.00. The summed E-state index contributed by atoms with van der Waals surface area (Å²) in [6.45, 7) is 8.41. The van der Waals surface area contributed by atoms with Gasteiger partial charge < -0.3 is 9.84 Å². The molecule has 7 nitrogen and oxygen atoms in total. The standard InChI is InChI=1S/C13H28N2O5S/c1-6-10(7-2)20-12(9-16)11(8-15(17)18)14-21(19)13(3,4)5/h10-12,14,16H,6-9H2,1-5H3/t11-,12-,21+/m1/s1. The maximum absolute atomic E-state index is 12.1. The Bertz CT molecular complexity index is 342. The number of nitrogens with one attached hydrogen (secondary N) is 1. The topological polar surface area (TPSA) is 102 Å². The van der Waals surface area contributed by atoms with Crippen LogP contribution in [0.1, 0.15) is 47.5 Å². The first-order valence-corrected chi connectivity index (χ1v) is 8.36. The molecule has 0 aliphatic carbocycles. The molecule has 0 unspecified atom stereocenters. The van der Waals surface area contributed by atoms with Crippen molar-refractivity contribution in [3.8, 4) is 0 Å². The molecule has 0 amide bonds. The Balaban J connectivity index is 4.99. The van der Waals surface area contributed by atoms with Crippen LogP contribution in [-0.4, -0.2) is 50.4 Å². The van der Waals surface area contributed by atoms with E-state index < -0.39 is 39.3 Å². The van der Waals surface area contributed by atoms with Crippen molar-refractivity contribution >= 4 is 11.0 Å². The van der Waals surface area contributed by atoms with Gasteiger partial charge in [-0.2, -0.15) is 0 Å². The summed E-state index contributed by atoms with van der Waals surface area (Å²) in [5, 5.41) is 20.3. The van der Waals surface area contributed by atoms with E-state index in [0.717, 1.165) is 12.8 Å². The molecule has 0 aromatic rings. The summed E-state index contributed by atoms with van der Waals surface area (Å²) in [4.78, 5) is 10.3. The molecule has 21 heavy (non-hydrogen) atoms. The summed E-state index contributed by atoms with van der Waals surface area (Å²) in [5.74, 6) is 0. The molecular formula is C13H28N2O5S. The van der Waals surface area contributed by atoms with Crippen molar-refractivity contribution in [2.45, 2.75) is 70.5 Å². The first-order chi connectivity index (χ1) is 9.65. The SMILES string of the molecule is CCC(CC)O[C@H](CO)[C@@H](C[N+](=O)[O-])N[S@@](=O)C(C)(C)C. The molecule has 0 aromatic carbocycles. The molecule has 0 saturated carbocycles. The largest absolute Gasteiger partial charge is 0.394 e. The Kier molecular flexibility index (Phi) is 9.19. The predicted molar refractivity (Wildman–Crippen MR) is 83.0 cm³/mol. The van der Waals surface area contributed by atoms with E-state index in [0.29, 0.717) is 0 Å². The van der Waals surface area contributed by atoms with Crippen LogP contribution in [0.5, 0.6) is 0 Å². The monoisotopic (exact) mass is 324 g/mol. The number of hydrogen-bond acceptors (Lipinski definition) is 5. The molecule has 0 aliphatic heterocycles. The molecule has 2 N–H and O–H groups in total. The lowest BCUT2D eigenvalue weighted by molar-refractivity contribution is -0.485. The van der Waals surface area contributed by atoms with Crippen molar-refractivity contribution < 1.29 is 19.0 Å². The Hall–Kier alpha value is -0.570. The van der Waals surface area contributed by atoms with Crippen molar-refractivity contribution in [3.63, 3.8) is 0 Å². The van der Waals surface area contributed by atoms with Gasteiger partial charge in [0.05, 0.1) is 28.4 Å². The molecule has 8 heteroatoms. The minimum atomic E-state index is -1.47. The molecule has 0 aromatic heterocycles. The van der Waals surface area contributed by atoms with Crippen LogP contribution in [0.3, 0.4) is 0 Å². The molecule has 0 bridgehead atoms. The van der Waals surface area contributed by atoms with Gasteiger partial charge in [0.15, 0.2) is 0 Å². The predicted octanol–water partition coefficient (Wildman–Crippen LogP) is 1.25. The number of aliphatic hydroxyl groups is 1. The normalized spacial score (nSPS) is 16.7. The Morgan fingerprint density at radius 2 is 1.86 bits per heavy atom. The minimum absolute atomic E-state index is 0.0822. The van der Waals surface area contributed by atoms with Gasteiger partial charge in [0.2, 0.25) is 6.54 Å². The Morgan fingerprint density at radius 3 is 2.19 bits per heavy atom. The van der Waals surface area contributed by atoms with Crippen LogP contribution >= 0.6 is 0 Å². The molecule has 0 rings (SSSR count).